The third-order valence-electron chi connectivity index (χ3n) is 14.6. The summed E-state index contributed by atoms with van der Waals surface area (Å²) < 4.78 is 5.09. The molecule has 1 unspecified atom stereocenters. The molecular weight excluding hydrogens is 827 g/mol. The van der Waals surface area contributed by atoms with E-state index in [0.29, 0.717) is 11.6 Å². The molecule has 3 aromatic heterocycles. The quantitative estimate of drug-likeness (QED) is 0.160. The molecular formula is C63H55N5. The monoisotopic (exact) mass is 881 g/mol. The fourth-order valence-corrected chi connectivity index (χ4v) is 11.3. The van der Waals surface area contributed by atoms with E-state index in [0.717, 1.165) is 60.3 Å². The lowest BCUT2D eigenvalue weighted by Gasteiger charge is -2.29. The van der Waals surface area contributed by atoms with Crippen LogP contribution in [0.4, 0.5) is 0 Å². The normalized spacial score (nSPS) is 16.1. The van der Waals surface area contributed by atoms with Crippen LogP contribution in [0.3, 0.4) is 0 Å². The number of allylic oxidation sites excluding steroid dienone is 9. The van der Waals surface area contributed by atoms with Crippen LogP contribution in [0.25, 0.3) is 84.1 Å². The van der Waals surface area contributed by atoms with Crippen LogP contribution in [0, 0.1) is 27.7 Å². The lowest BCUT2D eigenvalue weighted by atomic mass is 9.83. The van der Waals surface area contributed by atoms with Gasteiger partial charge in [0.05, 0.1) is 28.2 Å². The summed E-state index contributed by atoms with van der Waals surface area (Å²) in [5, 5.41) is 3.80. The number of hydrogen-bond acceptors (Lipinski definition) is 3. The van der Waals surface area contributed by atoms with E-state index >= 15 is 0 Å². The van der Waals surface area contributed by atoms with E-state index in [-0.39, 0.29) is 5.92 Å². The molecule has 0 radical (unpaired) electrons. The fraction of sp³-hybridized carbons (Fsp3) is 0.190. The molecule has 5 nitrogen and oxygen atoms in total. The highest BCUT2D eigenvalue weighted by molar-refractivity contribution is 6.11. The molecule has 3 heterocycles. The van der Waals surface area contributed by atoms with Gasteiger partial charge in [-0.3, -0.25) is 0 Å². The highest BCUT2D eigenvalue weighted by atomic mass is 15.1. The maximum absolute atomic E-state index is 5.78. The summed E-state index contributed by atoms with van der Waals surface area (Å²) in [5.74, 6) is 1.90. The van der Waals surface area contributed by atoms with Gasteiger partial charge in [0, 0.05) is 55.4 Å². The predicted octanol–water partition coefficient (Wildman–Crippen LogP) is 16.1. The first-order chi connectivity index (χ1) is 33.2. The second-order valence-corrected chi connectivity index (χ2v) is 19.4. The van der Waals surface area contributed by atoms with E-state index in [4.69, 9.17) is 15.0 Å². The average Bonchev–Trinajstić information content (AvgIpc) is 3.84. The van der Waals surface area contributed by atoms with Crippen molar-refractivity contribution in [3.05, 3.63) is 213 Å². The molecule has 0 aliphatic heterocycles. The molecule has 0 saturated heterocycles. The number of aromatic nitrogens is 5. The summed E-state index contributed by atoms with van der Waals surface area (Å²) in [7, 11) is 0. The first-order valence-electron chi connectivity index (χ1n) is 24.3. The van der Waals surface area contributed by atoms with Crippen LogP contribution in [-0.2, 0) is 6.42 Å². The summed E-state index contributed by atoms with van der Waals surface area (Å²) in [5.41, 5.74) is 23.1. The van der Waals surface area contributed by atoms with Crippen molar-refractivity contribution >= 4 is 44.5 Å². The van der Waals surface area contributed by atoms with Crippen LogP contribution in [-0.4, -0.2) is 24.1 Å². The van der Waals surface area contributed by atoms with Gasteiger partial charge < -0.3 is 9.13 Å². The largest absolute Gasteiger partial charge is 0.312 e. The van der Waals surface area contributed by atoms with E-state index in [1.54, 1.807) is 0 Å². The number of fused-ring (bicyclic) bond motifs is 6. The third kappa shape index (κ3) is 6.94. The number of aryl methyl sites for hydroxylation is 4. The van der Waals surface area contributed by atoms with Crippen molar-refractivity contribution in [2.75, 3.05) is 0 Å². The summed E-state index contributed by atoms with van der Waals surface area (Å²) in [6.45, 7) is 13.4. The van der Waals surface area contributed by atoms with Crippen LogP contribution >= 0.6 is 0 Å². The molecule has 12 rings (SSSR count). The molecule has 332 valence electrons. The molecule has 0 amide bonds. The van der Waals surface area contributed by atoms with Gasteiger partial charge in [0.25, 0.3) is 0 Å². The van der Waals surface area contributed by atoms with Crippen molar-refractivity contribution in [2.24, 2.45) is 0 Å². The highest BCUT2D eigenvalue weighted by Crippen LogP contribution is 2.47. The third-order valence-corrected chi connectivity index (χ3v) is 14.6. The summed E-state index contributed by atoms with van der Waals surface area (Å²) in [4.78, 5) is 16.9. The van der Waals surface area contributed by atoms with Crippen molar-refractivity contribution in [2.45, 2.75) is 79.6 Å². The number of benzene rings is 6. The molecule has 9 aromatic rings. The Labute approximate surface area is 399 Å². The lowest BCUT2D eigenvalue weighted by Crippen LogP contribution is -2.18. The summed E-state index contributed by atoms with van der Waals surface area (Å²) in [6, 6.07) is 46.7. The van der Waals surface area contributed by atoms with Crippen molar-refractivity contribution in [3.63, 3.8) is 0 Å². The van der Waals surface area contributed by atoms with E-state index in [2.05, 4.69) is 208 Å². The van der Waals surface area contributed by atoms with Crippen LogP contribution in [0.1, 0.15) is 84.8 Å². The molecule has 5 heteroatoms. The Morgan fingerprint density at radius 1 is 0.515 bits per heavy atom. The van der Waals surface area contributed by atoms with Crippen molar-refractivity contribution < 1.29 is 0 Å². The zero-order valence-corrected chi connectivity index (χ0v) is 39.9. The van der Waals surface area contributed by atoms with Gasteiger partial charge >= 0.3 is 0 Å². The van der Waals surface area contributed by atoms with Gasteiger partial charge in [0.15, 0.2) is 11.6 Å². The SMILES string of the molecule is CC1=Cc2c(n(-c3c(-c4nc(-c5ccccc5)nc(C5CC=CC(C6=C(C)CCC=C6)=C5n5c6ccc(C)cc6c6cc(C)ccc65)n4)cccc3-c3ccccc3C)c3ccc(C)cc23)CC1. The molecule has 6 aromatic carbocycles. The van der Waals surface area contributed by atoms with Crippen LogP contribution < -0.4 is 0 Å². The summed E-state index contributed by atoms with van der Waals surface area (Å²) >= 11 is 0. The standard InChI is InChI=1S/C63H55N5/c1-38-26-30-55-51(34-38)52-35-39(2)27-31-56(52)67(55)59-47(45-20-12-10-16-42(45)5)22-14-24-49(59)62-64-61(44-18-8-7-9-19-44)65-63(66-62)50-25-15-23-48(46-21-13-11-17-43(46)6)60(50)68-57-32-28-40(3)36-53(57)54-37-41(4)29-33-58(54)68/h7-10,12-16,18-24,26,28-30,32-37,50H,11,17,25,27,31H2,1-6H3. The first kappa shape index (κ1) is 41.8. The number of para-hydroxylation sites is 1. The zero-order chi connectivity index (χ0) is 46.2. The van der Waals surface area contributed by atoms with Gasteiger partial charge in [0.2, 0.25) is 0 Å². The highest BCUT2D eigenvalue weighted by Gasteiger charge is 2.33. The maximum atomic E-state index is 5.78. The Morgan fingerprint density at radius 2 is 1.15 bits per heavy atom. The van der Waals surface area contributed by atoms with E-state index in [1.165, 1.54) is 99.8 Å². The fourth-order valence-electron chi connectivity index (χ4n) is 11.3. The second kappa shape index (κ2) is 16.6. The molecule has 3 aliphatic carbocycles. The Bertz CT molecular complexity index is 3650. The van der Waals surface area contributed by atoms with Crippen LogP contribution in [0.2, 0.25) is 0 Å². The molecule has 0 saturated carbocycles. The molecule has 0 bridgehead atoms. The molecule has 1 atom stereocenters. The summed E-state index contributed by atoms with van der Waals surface area (Å²) in [6.07, 6.45) is 16.6. The van der Waals surface area contributed by atoms with Crippen molar-refractivity contribution in [3.8, 4) is 39.6 Å². The lowest BCUT2D eigenvalue weighted by molar-refractivity contribution is 0.747. The molecule has 3 aliphatic rings. The minimum atomic E-state index is -0.199. The van der Waals surface area contributed by atoms with Gasteiger partial charge in [-0.1, -0.05) is 143 Å². The van der Waals surface area contributed by atoms with Crippen LogP contribution in [0.15, 0.2) is 174 Å². The zero-order valence-electron chi connectivity index (χ0n) is 39.9. The number of hydrogen-bond donors (Lipinski definition) is 0. The van der Waals surface area contributed by atoms with E-state index in [1.807, 2.05) is 0 Å². The van der Waals surface area contributed by atoms with Gasteiger partial charge in [-0.25, -0.2) is 15.0 Å². The minimum absolute atomic E-state index is 0.199. The van der Waals surface area contributed by atoms with Gasteiger partial charge in [0.1, 0.15) is 5.82 Å². The first-order valence-corrected chi connectivity index (χ1v) is 24.3. The Morgan fingerprint density at radius 3 is 1.87 bits per heavy atom. The maximum Gasteiger partial charge on any atom is 0.165 e. The van der Waals surface area contributed by atoms with E-state index < -0.39 is 0 Å². The van der Waals surface area contributed by atoms with Gasteiger partial charge in [-0.2, -0.15) is 0 Å². The van der Waals surface area contributed by atoms with E-state index in [9.17, 15) is 0 Å². The predicted molar refractivity (Wildman–Crippen MR) is 284 cm³/mol. The van der Waals surface area contributed by atoms with Crippen LogP contribution in [0.5, 0.6) is 0 Å². The Hall–Kier alpha value is -7.63. The molecule has 68 heavy (non-hydrogen) atoms. The minimum Gasteiger partial charge on any atom is -0.312 e. The molecule has 0 spiro atoms. The Kier molecular flexibility index (Phi) is 10.2. The van der Waals surface area contributed by atoms with Gasteiger partial charge in [-0.15, -0.1) is 0 Å². The second-order valence-electron chi connectivity index (χ2n) is 19.4. The van der Waals surface area contributed by atoms with Crippen molar-refractivity contribution in [1.82, 2.24) is 24.1 Å². The Balaban J connectivity index is 1.18. The van der Waals surface area contributed by atoms with Crippen molar-refractivity contribution in [1.29, 1.82) is 0 Å². The molecule has 0 fully saturated rings. The molecule has 0 N–H and O–H groups in total. The topological polar surface area (TPSA) is 48.5 Å². The average molecular weight is 882 g/mol. The smallest absolute Gasteiger partial charge is 0.165 e. The number of nitrogens with zero attached hydrogens (tertiary/aromatic N) is 5. The van der Waals surface area contributed by atoms with Gasteiger partial charge in [-0.05, 0) is 133 Å². The number of rotatable bonds is 7.